The van der Waals surface area contributed by atoms with E-state index in [1.54, 1.807) is 0 Å². The molecule has 0 N–H and O–H groups in total. The number of carbonyl (C=O) groups is 1. The minimum absolute atomic E-state index is 0.284. The van der Waals surface area contributed by atoms with Crippen molar-refractivity contribution >= 4 is 5.78 Å². The standard InChI is InChI=1S/C12H16O/c1-2-3-7-11-8-5-4-6-9-12(13)10-11/h1,10H,3-9H2/b11-10-. The van der Waals surface area contributed by atoms with E-state index in [4.69, 9.17) is 6.42 Å². The highest BCUT2D eigenvalue weighted by molar-refractivity contribution is 5.90. The molecule has 0 bridgehead atoms. The van der Waals surface area contributed by atoms with Gasteiger partial charge < -0.3 is 0 Å². The highest BCUT2D eigenvalue weighted by atomic mass is 16.1. The SMILES string of the molecule is C#CCC/C1=C/C(=O)CCCCC1. The van der Waals surface area contributed by atoms with Crippen molar-refractivity contribution in [1.82, 2.24) is 0 Å². The number of hydrogen-bond acceptors (Lipinski definition) is 1. The Bertz CT molecular complexity index is 242. The van der Waals surface area contributed by atoms with Crippen LogP contribution >= 0.6 is 0 Å². The van der Waals surface area contributed by atoms with Crippen molar-refractivity contribution in [2.24, 2.45) is 0 Å². The van der Waals surface area contributed by atoms with Gasteiger partial charge in [0.25, 0.3) is 0 Å². The van der Waals surface area contributed by atoms with Crippen LogP contribution in [0.1, 0.15) is 44.9 Å². The first-order valence-corrected chi connectivity index (χ1v) is 4.98. The summed E-state index contributed by atoms with van der Waals surface area (Å²) in [6.45, 7) is 0. The van der Waals surface area contributed by atoms with Crippen LogP contribution in [0.5, 0.6) is 0 Å². The van der Waals surface area contributed by atoms with E-state index in [1.165, 1.54) is 18.4 Å². The highest BCUT2D eigenvalue weighted by Gasteiger charge is 2.06. The molecule has 0 fully saturated rings. The second kappa shape index (κ2) is 5.59. The van der Waals surface area contributed by atoms with Gasteiger partial charge in [-0.2, -0.15) is 0 Å². The van der Waals surface area contributed by atoms with Gasteiger partial charge in [0.1, 0.15) is 0 Å². The van der Waals surface area contributed by atoms with Crippen LogP contribution in [-0.4, -0.2) is 5.78 Å². The first-order valence-electron chi connectivity index (χ1n) is 4.98. The molecule has 0 aliphatic heterocycles. The second-order valence-electron chi connectivity index (χ2n) is 3.53. The van der Waals surface area contributed by atoms with Gasteiger partial charge in [-0.3, -0.25) is 4.79 Å². The maximum absolute atomic E-state index is 11.3. The molecular formula is C12H16O. The topological polar surface area (TPSA) is 17.1 Å². The highest BCUT2D eigenvalue weighted by Crippen LogP contribution is 2.18. The summed E-state index contributed by atoms with van der Waals surface area (Å²) in [6, 6.07) is 0. The van der Waals surface area contributed by atoms with E-state index in [2.05, 4.69) is 5.92 Å². The van der Waals surface area contributed by atoms with Crippen molar-refractivity contribution in [3.05, 3.63) is 11.6 Å². The Morgan fingerprint density at radius 1 is 1.31 bits per heavy atom. The Kier molecular flexibility index (Phi) is 4.32. The average Bonchev–Trinajstić information content (AvgIpc) is 2.09. The van der Waals surface area contributed by atoms with Crippen LogP contribution in [0.2, 0.25) is 0 Å². The minimum atomic E-state index is 0.284. The molecule has 1 aliphatic carbocycles. The van der Waals surface area contributed by atoms with Crippen molar-refractivity contribution < 1.29 is 4.79 Å². The van der Waals surface area contributed by atoms with Crippen LogP contribution < -0.4 is 0 Å². The van der Waals surface area contributed by atoms with Crippen LogP contribution in [0, 0.1) is 12.3 Å². The molecule has 1 rings (SSSR count). The summed E-state index contributed by atoms with van der Waals surface area (Å²) < 4.78 is 0. The molecule has 0 amide bonds. The van der Waals surface area contributed by atoms with Crippen LogP contribution in [-0.2, 0) is 4.79 Å². The first-order chi connectivity index (χ1) is 6.33. The summed E-state index contributed by atoms with van der Waals surface area (Å²) in [7, 11) is 0. The van der Waals surface area contributed by atoms with Gasteiger partial charge >= 0.3 is 0 Å². The van der Waals surface area contributed by atoms with Crippen molar-refractivity contribution in [1.29, 1.82) is 0 Å². The molecule has 0 aromatic heterocycles. The number of allylic oxidation sites excluding steroid dienone is 2. The van der Waals surface area contributed by atoms with Gasteiger partial charge in [-0.25, -0.2) is 0 Å². The number of carbonyl (C=O) groups excluding carboxylic acids is 1. The quantitative estimate of drug-likeness (QED) is 0.591. The van der Waals surface area contributed by atoms with Gasteiger partial charge in [-0.1, -0.05) is 12.0 Å². The van der Waals surface area contributed by atoms with Crippen LogP contribution in [0.25, 0.3) is 0 Å². The molecule has 0 aromatic carbocycles. The van der Waals surface area contributed by atoms with E-state index in [0.29, 0.717) is 0 Å². The normalized spacial score (nSPS) is 22.4. The third kappa shape index (κ3) is 3.94. The van der Waals surface area contributed by atoms with Crippen LogP contribution in [0.3, 0.4) is 0 Å². The van der Waals surface area contributed by atoms with Gasteiger partial charge in [0, 0.05) is 12.8 Å². The summed E-state index contributed by atoms with van der Waals surface area (Å²) in [4.78, 5) is 11.3. The number of rotatable bonds is 2. The van der Waals surface area contributed by atoms with Crippen LogP contribution in [0.4, 0.5) is 0 Å². The van der Waals surface area contributed by atoms with Crippen molar-refractivity contribution in [3.8, 4) is 12.3 Å². The summed E-state index contributed by atoms with van der Waals surface area (Å²) >= 11 is 0. The Morgan fingerprint density at radius 2 is 2.08 bits per heavy atom. The maximum Gasteiger partial charge on any atom is 0.155 e. The number of ketones is 1. The average molecular weight is 176 g/mol. The first kappa shape index (κ1) is 10.1. The zero-order valence-corrected chi connectivity index (χ0v) is 8.01. The van der Waals surface area contributed by atoms with E-state index in [1.807, 2.05) is 6.08 Å². The molecule has 13 heavy (non-hydrogen) atoms. The molecule has 0 spiro atoms. The fraction of sp³-hybridized carbons (Fsp3) is 0.583. The lowest BCUT2D eigenvalue weighted by Gasteiger charge is -2.08. The molecule has 1 heteroatoms. The fourth-order valence-electron chi connectivity index (χ4n) is 1.63. The fourth-order valence-corrected chi connectivity index (χ4v) is 1.63. The van der Waals surface area contributed by atoms with Gasteiger partial charge in [-0.15, -0.1) is 12.3 Å². The van der Waals surface area contributed by atoms with E-state index >= 15 is 0 Å². The van der Waals surface area contributed by atoms with Crippen molar-refractivity contribution in [2.45, 2.75) is 44.9 Å². The number of terminal acetylenes is 1. The monoisotopic (exact) mass is 176 g/mol. The van der Waals surface area contributed by atoms with E-state index in [-0.39, 0.29) is 5.78 Å². The summed E-state index contributed by atoms with van der Waals surface area (Å²) in [5.74, 6) is 2.90. The van der Waals surface area contributed by atoms with Crippen molar-refractivity contribution in [3.63, 3.8) is 0 Å². The minimum Gasteiger partial charge on any atom is -0.295 e. The zero-order chi connectivity index (χ0) is 9.52. The van der Waals surface area contributed by atoms with E-state index in [9.17, 15) is 4.79 Å². The Morgan fingerprint density at radius 3 is 2.85 bits per heavy atom. The second-order valence-corrected chi connectivity index (χ2v) is 3.53. The summed E-state index contributed by atoms with van der Waals surface area (Å²) in [6.07, 6.45) is 13.9. The molecule has 0 saturated carbocycles. The lowest BCUT2D eigenvalue weighted by Crippen LogP contribution is -1.99. The van der Waals surface area contributed by atoms with Gasteiger partial charge in [0.2, 0.25) is 0 Å². The van der Waals surface area contributed by atoms with E-state index in [0.717, 1.165) is 32.1 Å². The third-order valence-corrected chi connectivity index (χ3v) is 2.38. The maximum atomic E-state index is 11.3. The molecule has 0 radical (unpaired) electrons. The largest absolute Gasteiger partial charge is 0.295 e. The van der Waals surface area contributed by atoms with Gasteiger partial charge in [0.05, 0.1) is 0 Å². The van der Waals surface area contributed by atoms with Gasteiger partial charge in [-0.05, 0) is 31.8 Å². The molecule has 1 aliphatic rings. The predicted octanol–water partition coefficient (Wildman–Crippen LogP) is 2.86. The molecule has 0 atom stereocenters. The molecule has 0 heterocycles. The Hall–Kier alpha value is -1.03. The Balaban J connectivity index is 2.52. The zero-order valence-electron chi connectivity index (χ0n) is 8.01. The summed E-state index contributed by atoms with van der Waals surface area (Å²) in [5.41, 5.74) is 1.25. The van der Waals surface area contributed by atoms with Crippen molar-refractivity contribution in [2.75, 3.05) is 0 Å². The number of hydrogen-bond donors (Lipinski definition) is 0. The van der Waals surface area contributed by atoms with E-state index < -0.39 is 0 Å². The Labute approximate surface area is 80.2 Å². The third-order valence-electron chi connectivity index (χ3n) is 2.38. The molecule has 1 nitrogen and oxygen atoms in total. The molecular weight excluding hydrogens is 160 g/mol. The lowest BCUT2D eigenvalue weighted by molar-refractivity contribution is -0.114. The molecule has 0 saturated heterocycles. The summed E-state index contributed by atoms with van der Waals surface area (Å²) in [5, 5.41) is 0. The van der Waals surface area contributed by atoms with Crippen LogP contribution in [0.15, 0.2) is 11.6 Å². The van der Waals surface area contributed by atoms with Gasteiger partial charge in [0.15, 0.2) is 5.78 Å². The molecule has 70 valence electrons. The molecule has 0 aromatic rings. The molecule has 0 unspecified atom stereocenters. The lowest BCUT2D eigenvalue weighted by atomic mass is 9.96. The predicted molar refractivity (Wildman–Crippen MR) is 54.2 cm³/mol. The smallest absolute Gasteiger partial charge is 0.155 e.